The number of aliphatic hydroxyl groups excluding tert-OH is 2. The van der Waals surface area contributed by atoms with Crippen LogP contribution in [0, 0.1) is 0 Å². The summed E-state index contributed by atoms with van der Waals surface area (Å²) in [7, 11) is 1.38. The lowest BCUT2D eigenvalue weighted by atomic mass is 9.93. The fraction of sp³-hybridized carbons (Fsp3) is 0.0476. The van der Waals surface area contributed by atoms with Crippen molar-refractivity contribution in [3.8, 4) is 0 Å². The fourth-order valence-corrected chi connectivity index (χ4v) is 2.81. The van der Waals surface area contributed by atoms with Gasteiger partial charge in [-0.3, -0.25) is 14.4 Å². The summed E-state index contributed by atoms with van der Waals surface area (Å²) in [5.41, 5.74) is 2.09. The molecule has 2 aromatic carbocycles. The van der Waals surface area contributed by atoms with Gasteiger partial charge in [-0.25, -0.2) is 0 Å². The van der Waals surface area contributed by atoms with Crippen molar-refractivity contribution < 1.29 is 29.4 Å². The van der Waals surface area contributed by atoms with Crippen molar-refractivity contribution in [1.82, 2.24) is 0 Å². The Bertz CT molecular complexity index is 1080. The maximum atomic E-state index is 11.5. The van der Waals surface area contributed by atoms with Crippen LogP contribution in [-0.2, 0) is 14.4 Å². The van der Waals surface area contributed by atoms with E-state index < -0.39 is 11.6 Å². The summed E-state index contributed by atoms with van der Waals surface area (Å²) in [6, 6.07) is 13.5. The highest BCUT2D eigenvalue weighted by Crippen LogP contribution is 2.23. The van der Waals surface area contributed by atoms with Gasteiger partial charge in [0.25, 0.3) is 0 Å². The zero-order valence-corrected chi connectivity index (χ0v) is 14.7. The first-order chi connectivity index (χ1) is 13.4. The molecule has 7 heteroatoms. The van der Waals surface area contributed by atoms with E-state index in [-0.39, 0.29) is 28.6 Å². The summed E-state index contributed by atoms with van der Waals surface area (Å²) in [6.07, 6.45) is 2.09. The van der Waals surface area contributed by atoms with E-state index in [0.717, 1.165) is 12.2 Å². The average Bonchev–Trinajstić information content (AvgIpc) is 2.70. The number of aliphatic hydroxyl groups is 2. The van der Waals surface area contributed by atoms with Crippen molar-refractivity contribution in [3.63, 3.8) is 0 Å². The number of carbonyl (C=O) groups excluding carboxylic acids is 3. The first kappa shape index (κ1) is 18.8. The van der Waals surface area contributed by atoms with E-state index >= 15 is 0 Å². The van der Waals surface area contributed by atoms with Crippen LogP contribution in [0.4, 0.5) is 0 Å². The van der Waals surface area contributed by atoms with Crippen molar-refractivity contribution in [1.29, 1.82) is 0 Å². The molecule has 28 heavy (non-hydrogen) atoms. The molecule has 140 valence electrons. The van der Waals surface area contributed by atoms with Crippen LogP contribution in [0.25, 0.3) is 11.5 Å². The third kappa shape index (κ3) is 3.45. The van der Waals surface area contributed by atoms with Gasteiger partial charge >= 0.3 is 0 Å². The van der Waals surface area contributed by atoms with Gasteiger partial charge in [0.15, 0.2) is 5.71 Å². The number of hydrogen-bond donors (Lipinski definition) is 2. The number of nitrogens with zero attached hydrogens (tertiary/aromatic N) is 1. The molecule has 2 N–H and O–H groups in total. The summed E-state index contributed by atoms with van der Waals surface area (Å²) in [5, 5.41) is 22.6. The van der Waals surface area contributed by atoms with Gasteiger partial charge in [0.05, 0.1) is 0 Å². The number of oxime groups is 1. The Balaban J connectivity index is 0.000000162. The molecular formula is C21H15NO6. The Morgan fingerprint density at radius 1 is 0.714 bits per heavy atom. The van der Waals surface area contributed by atoms with Gasteiger partial charge < -0.3 is 15.1 Å². The molecule has 0 heterocycles. The number of rotatable bonds is 1. The monoisotopic (exact) mass is 377 g/mol. The second-order valence-corrected chi connectivity index (χ2v) is 5.83. The predicted molar refractivity (Wildman–Crippen MR) is 102 cm³/mol. The van der Waals surface area contributed by atoms with Crippen molar-refractivity contribution in [2.75, 3.05) is 7.11 Å². The van der Waals surface area contributed by atoms with E-state index in [9.17, 15) is 24.6 Å². The molecule has 2 aliphatic rings. The zero-order chi connectivity index (χ0) is 20.3. The highest BCUT2D eigenvalue weighted by Gasteiger charge is 2.25. The van der Waals surface area contributed by atoms with E-state index in [2.05, 4.69) is 9.99 Å². The maximum absolute atomic E-state index is 11.5. The molecule has 0 saturated heterocycles. The molecule has 0 unspecified atom stereocenters. The van der Waals surface area contributed by atoms with Crippen LogP contribution in [-0.4, -0.2) is 40.4 Å². The Morgan fingerprint density at radius 3 is 1.75 bits per heavy atom. The minimum atomic E-state index is -0.670. The van der Waals surface area contributed by atoms with Gasteiger partial charge in [0.1, 0.15) is 18.6 Å². The summed E-state index contributed by atoms with van der Waals surface area (Å²) in [4.78, 5) is 38.3. The van der Waals surface area contributed by atoms with Crippen LogP contribution < -0.4 is 0 Å². The van der Waals surface area contributed by atoms with Crippen molar-refractivity contribution >= 4 is 34.6 Å². The van der Waals surface area contributed by atoms with Crippen molar-refractivity contribution in [2.24, 2.45) is 5.16 Å². The number of allylic oxidation sites excluding steroid dienone is 2. The number of carbonyl (C=O) groups is 3. The van der Waals surface area contributed by atoms with Crippen LogP contribution in [0.3, 0.4) is 0 Å². The minimum Gasteiger partial charge on any atom is -0.507 e. The van der Waals surface area contributed by atoms with Crippen molar-refractivity contribution in [2.45, 2.75) is 0 Å². The highest BCUT2D eigenvalue weighted by atomic mass is 16.6. The predicted octanol–water partition coefficient (Wildman–Crippen LogP) is 2.87. The van der Waals surface area contributed by atoms with Crippen molar-refractivity contribution in [3.05, 3.63) is 82.9 Å². The van der Waals surface area contributed by atoms with Gasteiger partial charge in [-0.15, -0.1) is 0 Å². The van der Waals surface area contributed by atoms with Gasteiger partial charge in [-0.05, 0) is 0 Å². The molecule has 0 saturated carbocycles. The van der Waals surface area contributed by atoms with Gasteiger partial charge in [0.2, 0.25) is 17.3 Å². The Labute approximate surface area is 159 Å². The maximum Gasteiger partial charge on any atom is 0.233 e. The minimum absolute atomic E-state index is 0.0364. The van der Waals surface area contributed by atoms with Crippen LogP contribution in [0.1, 0.15) is 27.0 Å². The number of hydrogen-bond acceptors (Lipinski definition) is 7. The quantitative estimate of drug-likeness (QED) is 0.584. The zero-order valence-electron chi connectivity index (χ0n) is 14.7. The summed E-state index contributed by atoms with van der Waals surface area (Å²) >= 11 is 0. The Kier molecular flexibility index (Phi) is 5.17. The number of Topliss-reactive ketones (excluding diaryl/α,β-unsaturated/α-hetero) is 1. The third-order valence-corrected chi connectivity index (χ3v) is 4.08. The lowest BCUT2D eigenvalue weighted by molar-refractivity contribution is -0.111. The first-order valence-corrected chi connectivity index (χ1v) is 8.18. The van der Waals surface area contributed by atoms with Crippen LogP contribution >= 0.6 is 0 Å². The molecule has 0 amide bonds. The lowest BCUT2D eigenvalue weighted by Gasteiger charge is -2.13. The molecule has 0 spiro atoms. The Morgan fingerprint density at radius 2 is 1.18 bits per heavy atom. The SMILES string of the molecule is CON=C1C(=O)C=C(O)c2ccccc21.O=C1C=C(O)c2ccccc2C1=O. The number of fused-ring (bicyclic) bond motifs is 2. The third-order valence-electron chi connectivity index (χ3n) is 4.08. The van der Waals surface area contributed by atoms with E-state index in [1.807, 2.05) is 0 Å². The highest BCUT2D eigenvalue weighted by molar-refractivity contribution is 6.52. The molecule has 7 nitrogen and oxygen atoms in total. The van der Waals surface area contributed by atoms with E-state index in [1.165, 1.54) is 13.2 Å². The first-order valence-electron chi connectivity index (χ1n) is 8.18. The Hall–Kier alpha value is -4.00. The van der Waals surface area contributed by atoms with Crippen LogP contribution in [0.2, 0.25) is 0 Å². The van der Waals surface area contributed by atoms with Gasteiger partial charge in [0, 0.05) is 34.4 Å². The summed E-state index contributed by atoms with van der Waals surface area (Å²) < 4.78 is 0. The molecule has 0 radical (unpaired) electrons. The molecule has 4 rings (SSSR count). The second kappa shape index (κ2) is 7.71. The van der Waals surface area contributed by atoms with E-state index in [1.54, 1.807) is 42.5 Å². The van der Waals surface area contributed by atoms with Crippen LogP contribution in [0.15, 0.2) is 65.8 Å². The van der Waals surface area contributed by atoms with E-state index in [4.69, 9.17) is 0 Å². The summed E-state index contributed by atoms with van der Waals surface area (Å²) in [5.74, 6) is -1.76. The smallest absolute Gasteiger partial charge is 0.233 e. The van der Waals surface area contributed by atoms with E-state index in [0.29, 0.717) is 16.7 Å². The number of ketones is 3. The van der Waals surface area contributed by atoms with Gasteiger partial charge in [-0.2, -0.15) is 0 Å². The standard InChI is InChI=1S/C11H9NO3.C10H6O3/c1-15-12-11-8-5-3-2-4-7(8)9(13)6-10(11)14;11-8-5-9(12)10(13)7-4-2-1-3-6(7)8/h2-6,13H,1H3;1-5,11H. The lowest BCUT2D eigenvalue weighted by Crippen LogP contribution is -2.20. The molecule has 0 fully saturated rings. The fourth-order valence-electron chi connectivity index (χ4n) is 2.81. The molecule has 0 aromatic heterocycles. The molecule has 0 aliphatic heterocycles. The molecule has 2 aromatic rings. The average molecular weight is 377 g/mol. The van der Waals surface area contributed by atoms with Crippen LogP contribution in [0.5, 0.6) is 0 Å². The second-order valence-electron chi connectivity index (χ2n) is 5.83. The normalized spacial score (nSPS) is 16.3. The summed E-state index contributed by atoms with van der Waals surface area (Å²) in [6.45, 7) is 0. The topological polar surface area (TPSA) is 113 Å². The number of benzene rings is 2. The largest absolute Gasteiger partial charge is 0.507 e. The molecule has 0 bridgehead atoms. The molecule has 0 atom stereocenters. The molecule has 2 aliphatic carbocycles. The van der Waals surface area contributed by atoms with Gasteiger partial charge in [-0.1, -0.05) is 53.7 Å². The molecular weight excluding hydrogens is 362 g/mol.